The number of halogens is 1. The third-order valence-corrected chi connectivity index (χ3v) is 6.86. The molecule has 0 amide bonds. The lowest BCUT2D eigenvalue weighted by atomic mass is 9.99. The zero-order chi connectivity index (χ0) is 23.2. The van der Waals surface area contributed by atoms with Crippen LogP contribution in [0.15, 0.2) is 39.7 Å². The summed E-state index contributed by atoms with van der Waals surface area (Å²) < 4.78 is 45.8. The van der Waals surface area contributed by atoms with E-state index in [9.17, 15) is 23.0 Å². The summed E-state index contributed by atoms with van der Waals surface area (Å²) in [5.74, 6) is -0.460. The van der Waals surface area contributed by atoms with Gasteiger partial charge in [0.15, 0.2) is 0 Å². The number of anilines is 1. The first-order valence-corrected chi connectivity index (χ1v) is 12.1. The number of hydrogen-bond donors (Lipinski definition) is 1. The van der Waals surface area contributed by atoms with Crippen molar-refractivity contribution in [3.05, 3.63) is 52.8 Å². The summed E-state index contributed by atoms with van der Waals surface area (Å²) in [6, 6.07) is 7.59. The summed E-state index contributed by atoms with van der Waals surface area (Å²) in [5.41, 5.74) is 2.94. The Balaban J connectivity index is 2.04. The Bertz CT molecular complexity index is 1330. The van der Waals surface area contributed by atoms with Gasteiger partial charge in [0.05, 0.1) is 25.1 Å². The molecule has 0 spiro atoms. The molecule has 0 saturated heterocycles. The molecule has 0 radical (unpaired) electrons. The van der Waals surface area contributed by atoms with Crippen LogP contribution in [0.1, 0.15) is 35.4 Å². The van der Waals surface area contributed by atoms with E-state index in [0.717, 1.165) is 29.0 Å². The van der Waals surface area contributed by atoms with Gasteiger partial charge in [-0.15, -0.1) is 0 Å². The number of furan rings is 1. The molecule has 9 heteroatoms. The van der Waals surface area contributed by atoms with E-state index in [2.05, 4.69) is 4.99 Å². The Hall–Kier alpha value is -2.91. The van der Waals surface area contributed by atoms with Gasteiger partial charge in [0.1, 0.15) is 17.2 Å². The van der Waals surface area contributed by atoms with E-state index in [1.54, 1.807) is 25.1 Å². The molecule has 1 aromatic heterocycles. The highest BCUT2D eigenvalue weighted by atomic mass is 32.2. The number of aryl methyl sites for hydroxylation is 1. The Kier molecular flexibility index (Phi) is 5.72. The fraction of sp³-hybridized carbons (Fsp3) is 0.348. The smallest absolute Gasteiger partial charge is 0.232 e. The number of nitrogens with zero attached hydrogens (tertiary/aromatic N) is 2. The third kappa shape index (κ3) is 3.98. The predicted molar refractivity (Wildman–Crippen MR) is 120 cm³/mol. The van der Waals surface area contributed by atoms with Crippen LogP contribution >= 0.6 is 0 Å². The van der Waals surface area contributed by atoms with Crippen LogP contribution in [0.4, 0.5) is 10.1 Å². The van der Waals surface area contributed by atoms with Crippen molar-refractivity contribution in [2.75, 3.05) is 30.8 Å². The van der Waals surface area contributed by atoms with Crippen molar-refractivity contribution >= 4 is 32.6 Å². The molecule has 7 nitrogen and oxygen atoms in total. The lowest BCUT2D eigenvalue weighted by Gasteiger charge is -2.24. The van der Waals surface area contributed by atoms with Crippen molar-refractivity contribution in [1.29, 1.82) is 0 Å². The van der Waals surface area contributed by atoms with Gasteiger partial charge < -0.3 is 19.6 Å². The number of hydrogen-bond acceptors (Lipinski definition) is 6. The fourth-order valence-electron chi connectivity index (χ4n) is 4.04. The van der Waals surface area contributed by atoms with E-state index >= 15 is 0 Å². The molecule has 1 aliphatic rings. The van der Waals surface area contributed by atoms with Crippen LogP contribution < -0.4 is 9.41 Å². The van der Waals surface area contributed by atoms with Crippen LogP contribution in [0, 0.1) is 12.7 Å². The molecule has 0 aliphatic heterocycles. The van der Waals surface area contributed by atoms with E-state index in [4.69, 9.17) is 4.42 Å². The molecule has 2 aromatic carbocycles. The molecule has 1 N–H and O–H groups in total. The second-order valence-electron chi connectivity index (χ2n) is 8.03. The molecule has 0 bridgehead atoms. The molecule has 1 aliphatic carbocycles. The number of aliphatic imine (C=N–C) groups is 1. The molecule has 3 aromatic rings. The molecule has 170 valence electrons. The van der Waals surface area contributed by atoms with Crippen LogP contribution in [-0.4, -0.2) is 45.9 Å². The Morgan fingerprint density at radius 1 is 1.31 bits per heavy atom. The SMILES string of the molecule is CN=C([O-])c1c(-c2ccc(F)cc2C)oc2cc(N(CCO)S(C)(=O)=O)c(C3CC3)cc12. The van der Waals surface area contributed by atoms with Gasteiger partial charge in [-0.3, -0.25) is 4.31 Å². The first kappa shape index (κ1) is 22.3. The maximum absolute atomic E-state index is 13.7. The van der Waals surface area contributed by atoms with Crippen molar-refractivity contribution in [3.63, 3.8) is 0 Å². The van der Waals surface area contributed by atoms with Gasteiger partial charge >= 0.3 is 0 Å². The number of rotatable bonds is 7. The van der Waals surface area contributed by atoms with Crippen LogP contribution in [0.2, 0.25) is 0 Å². The van der Waals surface area contributed by atoms with E-state index in [-0.39, 0.29) is 30.4 Å². The molecule has 4 rings (SSSR count). The van der Waals surface area contributed by atoms with Gasteiger partial charge in [0, 0.05) is 29.6 Å². The maximum atomic E-state index is 13.7. The molecule has 0 atom stereocenters. The number of sulfonamides is 1. The predicted octanol–water partition coefficient (Wildman–Crippen LogP) is 2.92. The summed E-state index contributed by atoms with van der Waals surface area (Å²) in [4.78, 5) is 3.82. The minimum Gasteiger partial charge on any atom is -0.858 e. The summed E-state index contributed by atoms with van der Waals surface area (Å²) >= 11 is 0. The van der Waals surface area contributed by atoms with Crippen molar-refractivity contribution in [2.24, 2.45) is 4.99 Å². The zero-order valence-corrected chi connectivity index (χ0v) is 18.9. The van der Waals surface area contributed by atoms with Gasteiger partial charge in [-0.1, -0.05) is 0 Å². The molecular weight excluding hydrogens is 435 g/mol. The first-order chi connectivity index (χ1) is 15.2. The van der Waals surface area contributed by atoms with Crippen LogP contribution in [-0.2, 0) is 10.0 Å². The normalized spacial score (nSPS) is 14.8. The molecule has 1 heterocycles. The van der Waals surface area contributed by atoms with Crippen LogP contribution in [0.5, 0.6) is 0 Å². The molecule has 1 saturated carbocycles. The highest BCUT2D eigenvalue weighted by molar-refractivity contribution is 7.92. The maximum Gasteiger partial charge on any atom is 0.232 e. The lowest BCUT2D eigenvalue weighted by Crippen LogP contribution is -2.33. The fourth-order valence-corrected chi connectivity index (χ4v) is 4.97. The molecule has 32 heavy (non-hydrogen) atoms. The summed E-state index contributed by atoms with van der Waals surface area (Å²) in [6.07, 6.45) is 2.89. The highest BCUT2D eigenvalue weighted by Crippen LogP contribution is 2.48. The summed E-state index contributed by atoms with van der Waals surface area (Å²) in [6.45, 7) is 1.28. The highest BCUT2D eigenvalue weighted by Gasteiger charge is 2.32. The summed E-state index contributed by atoms with van der Waals surface area (Å²) in [5, 5.41) is 22.8. The quantitative estimate of drug-likeness (QED) is 0.432. The average molecular weight is 460 g/mol. The number of fused-ring (bicyclic) bond motifs is 1. The minimum absolute atomic E-state index is 0.0925. The Labute approximate surface area is 185 Å². The Morgan fingerprint density at radius 3 is 2.59 bits per heavy atom. The van der Waals surface area contributed by atoms with Crippen LogP contribution in [0.25, 0.3) is 22.3 Å². The number of aliphatic hydroxyl groups is 1. The van der Waals surface area contributed by atoms with Gasteiger partial charge in [0.2, 0.25) is 10.0 Å². The third-order valence-electron chi connectivity index (χ3n) is 5.68. The van der Waals surface area contributed by atoms with Gasteiger partial charge in [-0.25, -0.2) is 12.8 Å². The van der Waals surface area contributed by atoms with Crippen molar-refractivity contribution < 1.29 is 27.4 Å². The van der Waals surface area contributed by atoms with Gasteiger partial charge in [0.25, 0.3) is 0 Å². The number of benzene rings is 2. The minimum atomic E-state index is -3.66. The van der Waals surface area contributed by atoms with Crippen molar-refractivity contribution in [3.8, 4) is 11.3 Å². The van der Waals surface area contributed by atoms with Crippen LogP contribution in [0.3, 0.4) is 0 Å². The summed E-state index contributed by atoms with van der Waals surface area (Å²) in [7, 11) is -2.27. The monoisotopic (exact) mass is 459 g/mol. The molecule has 0 unspecified atom stereocenters. The first-order valence-electron chi connectivity index (χ1n) is 10.3. The van der Waals surface area contributed by atoms with Crippen molar-refractivity contribution in [1.82, 2.24) is 0 Å². The van der Waals surface area contributed by atoms with E-state index < -0.39 is 21.7 Å². The average Bonchev–Trinajstić information content (AvgIpc) is 3.50. The number of aliphatic hydroxyl groups excluding tert-OH is 1. The standard InChI is InChI=1S/C23H25FN2O5S/c1-13-10-15(24)6-7-16(13)22-21(23(28)25-2)18-11-17(14-4-5-14)19(12-20(18)31-22)26(8-9-27)32(3,29)30/h6-7,10-12,14,27H,4-5,8-9H2,1-3H3,(H,25,28)/p-1. The lowest BCUT2D eigenvalue weighted by molar-refractivity contribution is -0.212. The van der Waals surface area contributed by atoms with Gasteiger partial charge in [-0.05, 0) is 67.0 Å². The van der Waals surface area contributed by atoms with Gasteiger partial charge in [-0.2, -0.15) is 0 Å². The largest absolute Gasteiger partial charge is 0.858 e. The van der Waals surface area contributed by atoms with E-state index in [1.165, 1.54) is 19.2 Å². The van der Waals surface area contributed by atoms with Crippen molar-refractivity contribution in [2.45, 2.75) is 25.7 Å². The second-order valence-corrected chi connectivity index (χ2v) is 9.94. The molecular formula is C23H24FN2O5S-. The van der Waals surface area contributed by atoms with E-state index in [0.29, 0.717) is 27.8 Å². The Morgan fingerprint density at radius 2 is 2.03 bits per heavy atom. The second kappa shape index (κ2) is 8.22. The van der Waals surface area contributed by atoms with E-state index in [1.807, 2.05) is 0 Å². The molecule has 1 fully saturated rings. The zero-order valence-electron chi connectivity index (χ0n) is 18.1. The topological polar surface area (TPSA) is 106 Å².